The minimum Gasteiger partial charge on any atom is -0.462 e. The zero-order valence-electron chi connectivity index (χ0n) is 51.5. The molecular weight excluding hydrogens is 997 g/mol. The van der Waals surface area contributed by atoms with E-state index in [0.717, 1.165) is 167 Å². The highest BCUT2D eigenvalue weighted by Gasteiger charge is 2.19. The van der Waals surface area contributed by atoms with Crippen molar-refractivity contribution >= 4 is 17.9 Å². The summed E-state index contributed by atoms with van der Waals surface area (Å²) in [6.45, 7) is 6.25. The molecule has 0 radical (unpaired) electrons. The Morgan fingerprint density at radius 1 is 0.272 bits per heavy atom. The first-order chi connectivity index (χ1) is 40.0. The van der Waals surface area contributed by atoms with Crippen molar-refractivity contribution in [3.63, 3.8) is 0 Å². The van der Waals surface area contributed by atoms with E-state index in [9.17, 15) is 14.4 Å². The highest BCUT2D eigenvalue weighted by molar-refractivity contribution is 5.72. The monoisotopic (exact) mass is 1110 g/mol. The Morgan fingerprint density at radius 3 is 0.815 bits per heavy atom. The molecule has 0 N–H and O–H groups in total. The van der Waals surface area contributed by atoms with Crippen molar-refractivity contribution in [1.29, 1.82) is 0 Å². The van der Waals surface area contributed by atoms with Gasteiger partial charge in [-0.3, -0.25) is 14.4 Å². The van der Waals surface area contributed by atoms with Crippen LogP contribution < -0.4 is 0 Å². The van der Waals surface area contributed by atoms with Gasteiger partial charge < -0.3 is 14.2 Å². The van der Waals surface area contributed by atoms with Crippen molar-refractivity contribution in [1.82, 2.24) is 0 Å². The van der Waals surface area contributed by atoms with E-state index in [-0.39, 0.29) is 31.6 Å². The van der Waals surface area contributed by atoms with Crippen LogP contribution >= 0.6 is 0 Å². The van der Waals surface area contributed by atoms with Crippen LogP contribution in [-0.2, 0) is 28.6 Å². The molecular formula is C75H114O6. The molecule has 1 atom stereocenters. The number of unbranched alkanes of at least 4 members (excludes halogenated alkanes) is 13. The molecule has 0 aromatic rings. The van der Waals surface area contributed by atoms with Gasteiger partial charge in [-0.15, -0.1) is 0 Å². The van der Waals surface area contributed by atoms with Crippen molar-refractivity contribution < 1.29 is 28.6 Å². The first-order valence-corrected chi connectivity index (χ1v) is 31.9. The van der Waals surface area contributed by atoms with Crippen LogP contribution in [-0.4, -0.2) is 37.2 Å². The van der Waals surface area contributed by atoms with E-state index >= 15 is 0 Å². The highest BCUT2D eigenvalue weighted by atomic mass is 16.6. The zero-order valence-corrected chi connectivity index (χ0v) is 51.5. The van der Waals surface area contributed by atoms with Crippen LogP contribution in [0.15, 0.2) is 194 Å². The van der Waals surface area contributed by atoms with E-state index in [1.807, 2.05) is 6.08 Å². The van der Waals surface area contributed by atoms with E-state index in [1.54, 1.807) is 6.08 Å². The molecule has 0 bridgehead atoms. The molecule has 0 saturated carbocycles. The topological polar surface area (TPSA) is 78.9 Å². The normalized spacial score (nSPS) is 13.5. The molecule has 1 unspecified atom stereocenters. The van der Waals surface area contributed by atoms with Crippen LogP contribution in [0.1, 0.15) is 239 Å². The van der Waals surface area contributed by atoms with Gasteiger partial charge in [0, 0.05) is 12.8 Å². The molecule has 0 aliphatic heterocycles. The molecule has 81 heavy (non-hydrogen) atoms. The molecule has 0 aromatic heterocycles. The molecule has 6 nitrogen and oxygen atoms in total. The number of hydrogen-bond acceptors (Lipinski definition) is 6. The van der Waals surface area contributed by atoms with Crippen molar-refractivity contribution in [2.75, 3.05) is 13.2 Å². The predicted octanol–water partition coefficient (Wildman–Crippen LogP) is 22.2. The van der Waals surface area contributed by atoms with E-state index in [2.05, 4.69) is 203 Å². The number of hydrogen-bond donors (Lipinski definition) is 0. The zero-order chi connectivity index (χ0) is 58.5. The molecule has 6 heteroatoms. The van der Waals surface area contributed by atoms with Crippen molar-refractivity contribution in [3.8, 4) is 0 Å². The summed E-state index contributed by atoms with van der Waals surface area (Å²) in [5.74, 6) is -1.11. The minimum absolute atomic E-state index is 0.0792. The molecule has 0 aliphatic rings. The summed E-state index contributed by atoms with van der Waals surface area (Å²) in [4.78, 5) is 38.2. The lowest BCUT2D eigenvalue weighted by Crippen LogP contribution is -2.30. The predicted molar refractivity (Wildman–Crippen MR) is 352 cm³/mol. The molecule has 0 rings (SSSR count). The summed E-state index contributed by atoms with van der Waals surface area (Å²) >= 11 is 0. The van der Waals surface area contributed by atoms with Crippen LogP contribution in [0.2, 0.25) is 0 Å². The van der Waals surface area contributed by atoms with E-state index in [4.69, 9.17) is 14.2 Å². The molecule has 0 saturated heterocycles. The second-order valence-corrected chi connectivity index (χ2v) is 20.2. The van der Waals surface area contributed by atoms with Crippen LogP contribution in [0, 0.1) is 0 Å². The average molecular weight is 1110 g/mol. The molecule has 0 spiro atoms. The van der Waals surface area contributed by atoms with E-state index in [0.29, 0.717) is 19.3 Å². The second-order valence-electron chi connectivity index (χ2n) is 20.2. The summed E-state index contributed by atoms with van der Waals surface area (Å²) in [6.07, 6.45) is 102. The highest BCUT2D eigenvalue weighted by Crippen LogP contribution is 2.12. The first kappa shape index (κ1) is 75.2. The van der Waals surface area contributed by atoms with Crippen LogP contribution in [0.3, 0.4) is 0 Å². The maximum Gasteiger partial charge on any atom is 0.310 e. The van der Waals surface area contributed by atoms with Gasteiger partial charge in [-0.05, 0) is 148 Å². The Balaban J connectivity index is 4.45. The molecule has 0 fully saturated rings. The number of carbonyl (C=O) groups is 3. The quantitative estimate of drug-likeness (QED) is 0.0261. The molecule has 450 valence electrons. The summed E-state index contributed by atoms with van der Waals surface area (Å²) in [7, 11) is 0. The largest absolute Gasteiger partial charge is 0.462 e. The fourth-order valence-electron chi connectivity index (χ4n) is 7.89. The molecule has 0 aromatic carbocycles. The third kappa shape index (κ3) is 64.9. The summed E-state index contributed by atoms with van der Waals surface area (Å²) in [5.41, 5.74) is 0. The van der Waals surface area contributed by atoms with Gasteiger partial charge in [0.05, 0.1) is 6.42 Å². The lowest BCUT2D eigenvalue weighted by Gasteiger charge is -2.18. The number of carbonyl (C=O) groups excluding carboxylic acids is 3. The standard InChI is InChI=1S/C75H114O6/c1-4-7-10-13-16-19-22-25-28-29-30-31-32-33-34-35-36-37-38-39-40-41-42-43-44-45-48-50-53-56-59-62-65-68-74(77)80-71-72(81-75(78)69-66-63-60-57-54-51-47-27-24-21-18-15-12-9-6-3)70-79-73(76)67-64-61-58-55-52-49-46-26-23-20-17-14-11-8-5-2/h7,9-10,12,16-21,25-28,30-31,33-34,36-37,39-40,42-43,45-48,54,57,63,66,72H,4-6,8,11,13-15,22-24,29,32,35,38,41,44,49-53,55-56,58-62,64-65,67-71H2,1-3H3/b10-7-,12-9-,19-16-,20-17-,21-18-,28-25-,31-30-,34-33-,37-36-,40-39-,43-42-,46-26-,47-27-,48-45-,57-54-,66-63-. The number of ether oxygens (including phenoxy) is 3. The van der Waals surface area contributed by atoms with Crippen molar-refractivity contribution in [3.05, 3.63) is 194 Å². The van der Waals surface area contributed by atoms with Crippen LogP contribution in [0.5, 0.6) is 0 Å². The number of esters is 3. The Kier molecular flexibility index (Phi) is 62.0. The fraction of sp³-hybridized carbons (Fsp3) is 0.533. The fourth-order valence-corrected chi connectivity index (χ4v) is 7.89. The minimum atomic E-state index is -0.859. The maximum atomic E-state index is 12.8. The van der Waals surface area contributed by atoms with Crippen LogP contribution in [0.4, 0.5) is 0 Å². The van der Waals surface area contributed by atoms with E-state index in [1.165, 1.54) is 25.7 Å². The van der Waals surface area contributed by atoms with Gasteiger partial charge >= 0.3 is 17.9 Å². The molecule has 0 aliphatic carbocycles. The average Bonchev–Trinajstić information content (AvgIpc) is 3.47. The lowest BCUT2D eigenvalue weighted by atomic mass is 10.1. The SMILES string of the molecule is CC/C=C\C/C=C\C/C=C\C/C=C\C/C=C\C/C=C\C/C=C\C/C=C\C/C=C\CCCCCCCC(=O)OCC(COC(=O)CCCCCCC/C=C\C/C=C\CCCCC)OC(=O)C/C=C\C/C=C\C/C=C\C/C=C\C/C=C\CC. The summed E-state index contributed by atoms with van der Waals surface area (Å²) in [5, 5.41) is 0. The van der Waals surface area contributed by atoms with Gasteiger partial charge in [-0.1, -0.05) is 267 Å². The van der Waals surface area contributed by atoms with Gasteiger partial charge in [0.2, 0.25) is 0 Å². The van der Waals surface area contributed by atoms with Gasteiger partial charge in [0.25, 0.3) is 0 Å². The summed E-state index contributed by atoms with van der Waals surface area (Å²) < 4.78 is 16.7. The van der Waals surface area contributed by atoms with Gasteiger partial charge in [-0.25, -0.2) is 0 Å². The Bertz CT molecular complexity index is 1950. The van der Waals surface area contributed by atoms with Gasteiger partial charge in [0.1, 0.15) is 13.2 Å². The van der Waals surface area contributed by atoms with E-state index < -0.39 is 12.1 Å². The Labute approximate surface area is 497 Å². The third-order valence-corrected chi connectivity index (χ3v) is 12.6. The lowest BCUT2D eigenvalue weighted by molar-refractivity contribution is -0.166. The third-order valence-electron chi connectivity index (χ3n) is 12.6. The Hall–Kier alpha value is -5.75. The van der Waals surface area contributed by atoms with Crippen molar-refractivity contribution in [2.24, 2.45) is 0 Å². The second kappa shape index (κ2) is 66.8. The maximum absolute atomic E-state index is 12.8. The van der Waals surface area contributed by atoms with Crippen LogP contribution in [0.25, 0.3) is 0 Å². The number of allylic oxidation sites excluding steroid dienone is 31. The van der Waals surface area contributed by atoms with Gasteiger partial charge in [-0.2, -0.15) is 0 Å². The number of rotatable bonds is 55. The molecule has 0 heterocycles. The summed E-state index contributed by atoms with van der Waals surface area (Å²) in [6, 6.07) is 0. The molecule has 0 amide bonds. The Morgan fingerprint density at radius 2 is 0.519 bits per heavy atom. The van der Waals surface area contributed by atoms with Crippen molar-refractivity contribution in [2.45, 2.75) is 245 Å². The first-order valence-electron chi connectivity index (χ1n) is 31.9. The smallest absolute Gasteiger partial charge is 0.310 e. The van der Waals surface area contributed by atoms with Gasteiger partial charge in [0.15, 0.2) is 6.10 Å².